The highest BCUT2D eigenvalue weighted by molar-refractivity contribution is 4.73. The lowest BCUT2D eigenvalue weighted by Crippen LogP contribution is -2.43. The number of aliphatic hydroxyl groups is 1. The summed E-state index contributed by atoms with van der Waals surface area (Å²) < 4.78 is 0. The molecule has 3 nitrogen and oxygen atoms in total. The van der Waals surface area contributed by atoms with Crippen LogP contribution in [0.25, 0.3) is 0 Å². The number of β-amino-alcohol motifs (C(OH)–C–C–N with tert-alkyl or cyclic N) is 1. The molecular weight excluding hydrogens is 188 g/mol. The van der Waals surface area contributed by atoms with Crippen LogP contribution in [-0.2, 0) is 0 Å². The van der Waals surface area contributed by atoms with Gasteiger partial charge >= 0.3 is 0 Å². The van der Waals surface area contributed by atoms with E-state index in [2.05, 4.69) is 9.80 Å². The van der Waals surface area contributed by atoms with Crippen LogP contribution in [0.5, 0.6) is 0 Å². The van der Waals surface area contributed by atoms with Crippen LogP contribution in [0.4, 0.5) is 0 Å². The van der Waals surface area contributed by atoms with Crippen LogP contribution < -0.4 is 0 Å². The summed E-state index contributed by atoms with van der Waals surface area (Å²) in [5.41, 5.74) is 0. The van der Waals surface area contributed by atoms with Crippen molar-refractivity contribution in [2.75, 3.05) is 39.3 Å². The lowest BCUT2D eigenvalue weighted by Gasteiger charge is -2.33. The van der Waals surface area contributed by atoms with E-state index in [0.717, 1.165) is 19.5 Å². The van der Waals surface area contributed by atoms with E-state index in [0.29, 0.717) is 0 Å². The summed E-state index contributed by atoms with van der Waals surface area (Å²) in [6, 6.07) is 0. The first-order valence-electron chi connectivity index (χ1n) is 6.47. The third-order valence-corrected chi connectivity index (χ3v) is 3.66. The number of hydrogen-bond acceptors (Lipinski definition) is 3. The zero-order valence-electron chi connectivity index (χ0n) is 9.70. The fourth-order valence-corrected chi connectivity index (χ4v) is 2.70. The highest BCUT2D eigenvalue weighted by Crippen LogP contribution is 2.11. The van der Waals surface area contributed by atoms with E-state index < -0.39 is 0 Å². The molecule has 15 heavy (non-hydrogen) atoms. The molecule has 0 saturated carbocycles. The second-order valence-corrected chi connectivity index (χ2v) is 5.00. The molecule has 0 amide bonds. The van der Waals surface area contributed by atoms with E-state index in [1.165, 1.54) is 51.9 Å². The van der Waals surface area contributed by atoms with Crippen LogP contribution in [0, 0.1) is 0 Å². The Morgan fingerprint density at radius 2 is 1.53 bits per heavy atom. The Morgan fingerprint density at radius 1 is 0.867 bits per heavy atom. The molecule has 1 atom stereocenters. The number of nitrogens with zero attached hydrogens (tertiary/aromatic N) is 2. The van der Waals surface area contributed by atoms with E-state index in [4.69, 9.17) is 0 Å². The van der Waals surface area contributed by atoms with Crippen molar-refractivity contribution in [1.82, 2.24) is 9.80 Å². The van der Waals surface area contributed by atoms with Crippen molar-refractivity contribution in [2.24, 2.45) is 0 Å². The molecule has 0 spiro atoms. The van der Waals surface area contributed by atoms with E-state index in [1.54, 1.807) is 0 Å². The molecule has 3 heteroatoms. The van der Waals surface area contributed by atoms with Crippen molar-refractivity contribution in [2.45, 2.75) is 38.2 Å². The first-order valence-corrected chi connectivity index (χ1v) is 6.47. The van der Waals surface area contributed by atoms with Crippen LogP contribution >= 0.6 is 0 Å². The number of piperidine rings is 2. The molecule has 0 radical (unpaired) electrons. The molecule has 2 heterocycles. The Balaban J connectivity index is 1.63. The minimum absolute atomic E-state index is 0.0693. The molecule has 0 aromatic rings. The van der Waals surface area contributed by atoms with Crippen molar-refractivity contribution >= 4 is 0 Å². The predicted octanol–water partition coefficient (Wildman–Crippen LogP) is 0.929. The number of hydrogen-bond donors (Lipinski definition) is 1. The average Bonchev–Trinajstić information content (AvgIpc) is 2.28. The SMILES string of the molecule is OC1CCCN(CCN2CCCCC2)C1. The van der Waals surface area contributed by atoms with Crippen LogP contribution in [0.3, 0.4) is 0 Å². The maximum atomic E-state index is 9.56. The summed E-state index contributed by atoms with van der Waals surface area (Å²) in [7, 11) is 0. The van der Waals surface area contributed by atoms with E-state index in [-0.39, 0.29) is 6.10 Å². The molecule has 2 fully saturated rings. The van der Waals surface area contributed by atoms with Crippen molar-refractivity contribution in [3.05, 3.63) is 0 Å². The van der Waals surface area contributed by atoms with Gasteiger partial charge < -0.3 is 10.0 Å². The van der Waals surface area contributed by atoms with E-state index >= 15 is 0 Å². The summed E-state index contributed by atoms with van der Waals surface area (Å²) >= 11 is 0. The molecule has 0 bridgehead atoms. The van der Waals surface area contributed by atoms with Gasteiger partial charge in [-0.15, -0.1) is 0 Å². The van der Waals surface area contributed by atoms with Gasteiger partial charge in [0.2, 0.25) is 0 Å². The lowest BCUT2D eigenvalue weighted by atomic mass is 10.1. The molecule has 2 rings (SSSR count). The summed E-state index contributed by atoms with van der Waals surface area (Å²) in [5, 5.41) is 9.56. The second kappa shape index (κ2) is 5.83. The Labute approximate surface area is 93.1 Å². The zero-order chi connectivity index (χ0) is 10.5. The largest absolute Gasteiger partial charge is 0.392 e. The number of rotatable bonds is 3. The van der Waals surface area contributed by atoms with Gasteiger partial charge in [-0.3, -0.25) is 4.90 Å². The normalized spacial score (nSPS) is 30.6. The first-order chi connectivity index (χ1) is 7.34. The van der Waals surface area contributed by atoms with Gasteiger partial charge in [-0.25, -0.2) is 0 Å². The molecule has 2 aliphatic heterocycles. The summed E-state index contributed by atoms with van der Waals surface area (Å²) in [4.78, 5) is 4.99. The summed E-state index contributed by atoms with van der Waals surface area (Å²) in [6.07, 6.45) is 6.27. The molecule has 0 aromatic carbocycles. The third kappa shape index (κ3) is 3.74. The Kier molecular flexibility index (Phi) is 4.42. The first kappa shape index (κ1) is 11.4. The van der Waals surface area contributed by atoms with Gasteiger partial charge in [0.05, 0.1) is 6.10 Å². The average molecular weight is 212 g/mol. The predicted molar refractivity (Wildman–Crippen MR) is 62.0 cm³/mol. The maximum absolute atomic E-state index is 9.56. The Hall–Kier alpha value is -0.120. The minimum atomic E-state index is -0.0693. The lowest BCUT2D eigenvalue weighted by molar-refractivity contribution is 0.0630. The highest BCUT2D eigenvalue weighted by atomic mass is 16.3. The van der Waals surface area contributed by atoms with Gasteiger partial charge in [0.1, 0.15) is 0 Å². The fraction of sp³-hybridized carbons (Fsp3) is 1.00. The van der Waals surface area contributed by atoms with Crippen molar-refractivity contribution in [1.29, 1.82) is 0 Å². The zero-order valence-corrected chi connectivity index (χ0v) is 9.70. The quantitative estimate of drug-likeness (QED) is 0.754. The number of likely N-dealkylation sites (tertiary alicyclic amines) is 2. The number of aliphatic hydroxyl groups excluding tert-OH is 1. The van der Waals surface area contributed by atoms with Gasteiger partial charge in [-0.1, -0.05) is 6.42 Å². The van der Waals surface area contributed by atoms with E-state index in [9.17, 15) is 5.11 Å². The van der Waals surface area contributed by atoms with Gasteiger partial charge in [0, 0.05) is 19.6 Å². The maximum Gasteiger partial charge on any atom is 0.0667 e. The monoisotopic (exact) mass is 212 g/mol. The van der Waals surface area contributed by atoms with Crippen molar-refractivity contribution in [3.63, 3.8) is 0 Å². The standard InChI is InChI=1S/C12H24N2O/c15-12-5-4-8-14(11-12)10-9-13-6-2-1-3-7-13/h12,15H,1-11H2. The molecule has 1 unspecified atom stereocenters. The smallest absolute Gasteiger partial charge is 0.0667 e. The van der Waals surface area contributed by atoms with Gasteiger partial charge in [0.15, 0.2) is 0 Å². The van der Waals surface area contributed by atoms with Crippen LogP contribution in [0.2, 0.25) is 0 Å². The van der Waals surface area contributed by atoms with Crippen LogP contribution in [-0.4, -0.2) is 60.3 Å². The van der Waals surface area contributed by atoms with Crippen molar-refractivity contribution in [3.8, 4) is 0 Å². The molecule has 2 saturated heterocycles. The minimum Gasteiger partial charge on any atom is -0.392 e. The molecule has 0 aliphatic carbocycles. The van der Waals surface area contributed by atoms with Crippen LogP contribution in [0.15, 0.2) is 0 Å². The van der Waals surface area contributed by atoms with Crippen molar-refractivity contribution < 1.29 is 5.11 Å². The summed E-state index contributed by atoms with van der Waals surface area (Å²) in [5.74, 6) is 0. The van der Waals surface area contributed by atoms with Gasteiger partial charge in [-0.05, 0) is 45.3 Å². The molecule has 88 valence electrons. The van der Waals surface area contributed by atoms with Gasteiger partial charge in [0.25, 0.3) is 0 Å². The Bertz CT molecular complexity index is 180. The topological polar surface area (TPSA) is 26.7 Å². The Morgan fingerprint density at radius 3 is 2.27 bits per heavy atom. The molecule has 1 N–H and O–H groups in total. The molecule has 2 aliphatic rings. The molecule has 0 aromatic heterocycles. The summed E-state index contributed by atoms with van der Waals surface area (Å²) in [6.45, 7) is 7.01. The van der Waals surface area contributed by atoms with Gasteiger partial charge in [-0.2, -0.15) is 0 Å². The van der Waals surface area contributed by atoms with E-state index in [1.807, 2.05) is 0 Å². The van der Waals surface area contributed by atoms with Crippen LogP contribution in [0.1, 0.15) is 32.1 Å². The highest BCUT2D eigenvalue weighted by Gasteiger charge is 2.18. The molecular formula is C12H24N2O. The fourth-order valence-electron chi connectivity index (χ4n) is 2.70. The second-order valence-electron chi connectivity index (χ2n) is 5.00. The third-order valence-electron chi connectivity index (χ3n) is 3.66.